The van der Waals surface area contributed by atoms with Crippen molar-refractivity contribution in [3.8, 4) is 17.2 Å². The van der Waals surface area contributed by atoms with Crippen LogP contribution < -0.4 is 0 Å². The maximum atomic E-state index is 13.5. The van der Waals surface area contributed by atoms with Crippen LogP contribution in [0.4, 0.5) is 22.0 Å². The van der Waals surface area contributed by atoms with E-state index >= 15 is 0 Å². The van der Waals surface area contributed by atoms with Crippen LogP contribution in [-0.2, 0) is 32.7 Å². The van der Waals surface area contributed by atoms with Gasteiger partial charge in [-0.3, -0.25) is 19.5 Å². The second kappa shape index (κ2) is 9.09. The van der Waals surface area contributed by atoms with Crippen LogP contribution in [0.25, 0.3) is 17.2 Å². The van der Waals surface area contributed by atoms with E-state index in [0.717, 1.165) is 16.8 Å². The van der Waals surface area contributed by atoms with Gasteiger partial charge in [-0.2, -0.15) is 23.6 Å². The fourth-order valence-corrected chi connectivity index (χ4v) is 2.99. The summed E-state index contributed by atoms with van der Waals surface area (Å²) in [6.07, 6.45) is -2.17. The van der Waals surface area contributed by atoms with Crippen molar-refractivity contribution < 1.29 is 43.0 Å². The molecular formula is C22H14F5N5Pt. The van der Waals surface area contributed by atoms with E-state index in [9.17, 15) is 22.0 Å². The van der Waals surface area contributed by atoms with E-state index in [1.807, 2.05) is 13.8 Å². The number of pyridine rings is 3. The van der Waals surface area contributed by atoms with Crippen LogP contribution >= 0.6 is 0 Å². The monoisotopic (exact) mass is 638 g/mol. The average Bonchev–Trinajstić information content (AvgIpc) is 3.27. The van der Waals surface area contributed by atoms with Gasteiger partial charge in [0.25, 0.3) is 0 Å². The Hall–Kier alpha value is -3.00. The van der Waals surface area contributed by atoms with Gasteiger partial charge in [-0.15, -0.1) is 12.1 Å². The molecule has 0 unspecified atom stereocenters. The summed E-state index contributed by atoms with van der Waals surface area (Å²) in [6.45, 7) is 3.64. The molecule has 33 heavy (non-hydrogen) atoms. The minimum atomic E-state index is -4.59. The summed E-state index contributed by atoms with van der Waals surface area (Å²) in [5, 5.41) is 3.50. The van der Waals surface area contributed by atoms with Crippen molar-refractivity contribution in [1.82, 2.24) is 24.7 Å². The van der Waals surface area contributed by atoms with Crippen LogP contribution in [0.2, 0.25) is 0 Å². The first-order valence-corrected chi connectivity index (χ1v) is 9.30. The van der Waals surface area contributed by atoms with Crippen molar-refractivity contribution in [2.45, 2.75) is 25.4 Å². The van der Waals surface area contributed by atoms with Crippen molar-refractivity contribution >= 4 is 0 Å². The number of hydrogen-bond acceptors (Lipinski definition) is 4. The van der Waals surface area contributed by atoms with E-state index in [0.29, 0.717) is 11.4 Å². The maximum Gasteiger partial charge on any atom is 2.00 e. The number of halogens is 5. The summed E-state index contributed by atoms with van der Waals surface area (Å²) in [5.74, 6) is -2.22. The zero-order valence-electron chi connectivity index (χ0n) is 17.1. The zero-order valence-corrected chi connectivity index (χ0v) is 19.3. The molecule has 0 spiro atoms. The van der Waals surface area contributed by atoms with E-state index in [1.165, 1.54) is 6.07 Å². The van der Waals surface area contributed by atoms with Gasteiger partial charge in [0.05, 0.1) is 17.3 Å². The average molecular weight is 638 g/mol. The zero-order chi connectivity index (χ0) is 23.1. The third-order valence-electron chi connectivity index (χ3n) is 4.79. The first kappa shape index (κ1) is 24.6. The molecule has 0 saturated carbocycles. The molecule has 0 N–H and O–H groups in total. The molecule has 0 amide bonds. The molecule has 4 rings (SSSR count). The van der Waals surface area contributed by atoms with Gasteiger partial charge in [0.15, 0.2) is 5.95 Å². The summed E-state index contributed by atoms with van der Waals surface area (Å²) in [4.78, 5) is 12.5. The van der Waals surface area contributed by atoms with Gasteiger partial charge in [-0.1, -0.05) is 30.5 Å². The van der Waals surface area contributed by atoms with Crippen molar-refractivity contribution in [3.63, 3.8) is 0 Å². The maximum absolute atomic E-state index is 13.5. The molecule has 0 bridgehead atoms. The van der Waals surface area contributed by atoms with Gasteiger partial charge >= 0.3 is 27.2 Å². The van der Waals surface area contributed by atoms with Crippen molar-refractivity contribution in [2.24, 2.45) is 0 Å². The molecule has 5 nitrogen and oxygen atoms in total. The number of nitrogens with zero attached hydrogens (tertiary/aromatic N) is 5. The SMILES string of the molecule is CC(C)(c1cccc(-c2[c-]cc(F)c(F)n2)n1)c1cccc(-n2[c-]cc(C(F)(F)F)n2)n1.[Pt+2]. The molecule has 0 aliphatic heterocycles. The Labute approximate surface area is 200 Å². The van der Waals surface area contributed by atoms with Crippen LogP contribution in [0.3, 0.4) is 0 Å². The molecule has 0 aliphatic carbocycles. The molecule has 0 radical (unpaired) electrons. The van der Waals surface area contributed by atoms with Gasteiger partial charge in [0.1, 0.15) is 0 Å². The molecule has 4 aromatic rings. The fourth-order valence-electron chi connectivity index (χ4n) is 2.99. The van der Waals surface area contributed by atoms with Gasteiger partial charge in [-0.05, 0) is 37.4 Å². The summed E-state index contributed by atoms with van der Waals surface area (Å²) in [6, 6.07) is 14.0. The molecule has 0 atom stereocenters. The van der Waals surface area contributed by atoms with Crippen LogP contribution in [0.15, 0.2) is 48.5 Å². The summed E-state index contributed by atoms with van der Waals surface area (Å²) >= 11 is 0. The van der Waals surface area contributed by atoms with Gasteiger partial charge < -0.3 is 9.67 Å². The molecule has 0 fully saturated rings. The quantitative estimate of drug-likeness (QED) is 0.181. The minimum Gasteiger partial charge on any atom is -0.343 e. The Morgan fingerprint density at radius 3 is 2.15 bits per heavy atom. The van der Waals surface area contributed by atoms with Crippen LogP contribution in [0.1, 0.15) is 30.9 Å². The Morgan fingerprint density at radius 1 is 0.848 bits per heavy atom. The Bertz CT molecular complexity index is 1290. The fraction of sp³-hybridized carbons (Fsp3) is 0.182. The minimum absolute atomic E-state index is 0. The van der Waals surface area contributed by atoms with Crippen LogP contribution in [-0.4, -0.2) is 24.7 Å². The summed E-state index contributed by atoms with van der Waals surface area (Å²) < 4.78 is 66.2. The van der Waals surface area contributed by atoms with Crippen molar-refractivity contribution in [1.29, 1.82) is 0 Å². The van der Waals surface area contributed by atoms with E-state index in [1.54, 1.807) is 30.3 Å². The molecule has 0 aromatic carbocycles. The molecule has 4 aromatic heterocycles. The predicted molar refractivity (Wildman–Crippen MR) is 104 cm³/mol. The Kier molecular flexibility index (Phi) is 6.79. The van der Waals surface area contributed by atoms with Crippen molar-refractivity contribution in [3.05, 3.63) is 89.6 Å². The smallest absolute Gasteiger partial charge is 0.343 e. The number of alkyl halides is 3. The van der Waals surface area contributed by atoms with Gasteiger partial charge in [0.2, 0.25) is 0 Å². The molecule has 0 saturated heterocycles. The molecule has 0 aliphatic rings. The first-order chi connectivity index (χ1) is 15.1. The summed E-state index contributed by atoms with van der Waals surface area (Å²) in [5.41, 5.74) is -0.534. The predicted octanol–water partition coefficient (Wildman–Crippen LogP) is 4.95. The topological polar surface area (TPSA) is 56.5 Å². The molecule has 4 heterocycles. The third kappa shape index (κ3) is 5.00. The molecular weight excluding hydrogens is 624 g/mol. The second-order valence-corrected chi connectivity index (χ2v) is 7.37. The van der Waals surface area contributed by atoms with E-state index in [-0.39, 0.29) is 38.3 Å². The van der Waals surface area contributed by atoms with Crippen LogP contribution in [0, 0.1) is 24.0 Å². The van der Waals surface area contributed by atoms with Crippen molar-refractivity contribution in [2.75, 3.05) is 0 Å². The molecule has 11 heteroatoms. The van der Waals surface area contributed by atoms with Gasteiger partial charge in [0, 0.05) is 16.8 Å². The standard InChI is InChI=1S/C22H14F5N5.Pt/c1-21(2,16-6-3-5-14(28-16)15-10-9-13(23)20(24)29-15)17-7-4-8-19(30-17)32-12-11-18(31-32)22(25,26)27;/h3-9,11H,1-2H3;/q-2;+2. The largest absolute Gasteiger partial charge is 2.00 e. The van der Waals surface area contributed by atoms with E-state index in [4.69, 9.17) is 0 Å². The Morgan fingerprint density at radius 2 is 1.52 bits per heavy atom. The first-order valence-electron chi connectivity index (χ1n) is 9.30. The number of hydrogen-bond donors (Lipinski definition) is 0. The number of aromatic nitrogens is 5. The normalized spacial score (nSPS) is 11.8. The second-order valence-electron chi connectivity index (χ2n) is 7.37. The Balaban J connectivity index is 0.00000306. The molecule has 172 valence electrons. The summed E-state index contributed by atoms with van der Waals surface area (Å²) in [7, 11) is 0. The third-order valence-corrected chi connectivity index (χ3v) is 4.79. The number of rotatable bonds is 4. The van der Waals surface area contributed by atoms with Gasteiger partial charge in [-0.25, -0.2) is 0 Å². The van der Waals surface area contributed by atoms with E-state index in [2.05, 4.69) is 32.3 Å². The van der Waals surface area contributed by atoms with Crippen LogP contribution in [0.5, 0.6) is 0 Å². The van der Waals surface area contributed by atoms with E-state index < -0.39 is 29.1 Å².